The first-order chi connectivity index (χ1) is 14.2. The van der Waals surface area contributed by atoms with Gasteiger partial charge in [0.15, 0.2) is 17.3 Å². The Morgan fingerprint density at radius 2 is 1.59 bits per heavy atom. The minimum Gasteiger partial charge on any atom is -0.493 e. The van der Waals surface area contributed by atoms with E-state index in [-0.39, 0.29) is 11.3 Å². The average Bonchev–Trinajstić information content (AvgIpc) is 3.13. The summed E-state index contributed by atoms with van der Waals surface area (Å²) in [6.07, 6.45) is 1.77. The summed E-state index contributed by atoms with van der Waals surface area (Å²) in [6, 6.07) is 21.1. The monoisotopic (exact) mass is 389 g/mol. The minimum atomic E-state index is -0.520. The number of ketones is 1. The zero-order valence-corrected chi connectivity index (χ0v) is 16.0. The maximum absolute atomic E-state index is 14.1. The molecule has 5 heteroatoms. The minimum absolute atomic E-state index is 0.0701. The molecular formula is C24H20FNO3. The Balaban J connectivity index is 1.61. The SMILES string of the molecule is COc1ccccc1OCCn1cc(C(=O)c2ccccc2F)c2ccccc21. The highest BCUT2D eigenvalue weighted by molar-refractivity contribution is 6.16. The molecule has 0 aliphatic rings. The number of carbonyl (C=O) groups excluding carboxylic acids is 1. The highest BCUT2D eigenvalue weighted by atomic mass is 19.1. The van der Waals surface area contributed by atoms with E-state index in [1.54, 1.807) is 25.4 Å². The molecule has 0 N–H and O–H groups in total. The van der Waals surface area contributed by atoms with E-state index in [9.17, 15) is 9.18 Å². The predicted octanol–water partition coefficient (Wildman–Crippen LogP) is 5.10. The van der Waals surface area contributed by atoms with Gasteiger partial charge in [-0.2, -0.15) is 0 Å². The highest BCUT2D eigenvalue weighted by Crippen LogP contribution is 2.27. The van der Waals surface area contributed by atoms with E-state index in [0.29, 0.717) is 30.2 Å². The van der Waals surface area contributed by atoms with Gasteiger partial charge in [0.05, 0.1) is 19.2 Å². The van der Waals surface area contributed by atoms with Crippen molar-refractivity contribution in [3.8, 4) is 11.5 Å². The molecule has 0 atom stereocenters. The van der Waals surface area contributed by atoms with E-state index < -0.39 is 5.82 Å². The topological polar surface area (TPSA) is 40.5 Å². The molecule has 4 rings (SSSR count). The Kier molecular flexibility index (Phi) is 5.29. The molecule has 0 amide bonds. The first kappa shape index (κ1) is 18.7. The van der Waals surface area contributed by atoms with E-state index in [0.717, 1.165) is 10.9 Å². The van der Waals surface area contributed by atoms with E-state index in [4.69, 9.17) is 9.47 Å². The van der Waals surface area contributed by atoms with Crippen molar-refractivity contribution in [1.82, 2.24) is 4.57 Å². The summed E-state index contributed by atoms with van der Waals surface area (Å²) in [5.41, 5.74) is 1.44. The quantitative estimate of drug-likeness (QED) is 0.413. The largest absolute Gasteiger partial charge is 0.493 e. The number of carbonyl (C=O) groups is 1. The fourth-order valence-electron chi connectivity index (χ4n) is 3.40. The van der Waals surface area contributed by atoms with Crippen LogP contribution >= 0.6 is 0 Å². The maximum Gasteiger partial charge on any atom is 0.198 e. The summed E-state index contributed by atoms with van der Waals surface area (Å²) in [4.78, 5) is 13.0. The fourth-order valence-corrected chi connectivity index (χ4v) is 3.40. The Morgan fingerprint density at radius 1 is 0.897 bits per heavy atom. The van der Waals surface area contributed by atoms with Crippen LogP contribution in [0.5, 0.6) is 11.5 Å². The lowest BCUT2D eigenvalue weighted by atomic mass is 10.0. The Bertz CT molecular complexity index is 1170. The van der Waals surface area contributed by atoms with Gasteiger partial charge >= 0.3 is 0 Å². The first-order valence-electron chi connectivity index (χ1n) is 9.32. The number of hydrogen-bond acceptors (Lipinski definition) is 3. The van der Waals surface area contributed by atoms with Gasteiger partial charge in [-0.25, -0.2) is 4.39 Å². The molecule has 0 unspecified atom stereocenters. The highest BCUT2D eigenvalue weighted by Gasteiger charge is 2.19. The molecule has 0 aliphatic carbocycles. The second-order valence-corrected chi connectivity index (χ2v) is 6.56. The lowest BCUT2D eigenvalue weighted by Gasteiger charge is -2.11. The van der Waals surface area contributed by atoms with Crippen LogP contribution in [0.3, 0.4) is 0 Å². The summed E-state index contributed by atoms with van der Waals surface area (Å²) in [5.74, 6) is 0.479. The number of aromatic nitrogens is 1. The third-order valence-electron chi connectivity index (χ3n) is 4.81. The summed E-state index contributed by atoms with van der Waals surface area (Å²) < 4.78 is 27.3. The van der Waals surface area contributed by atoms with Gasteiger partial charge in [-0.3, -0.25) is 4.79 Å². The number of halogens is 1. The number of ether oxygens (including phenoxy) is 2. The third-order valence-corrected chi connectivity index (χ3v) is 4.81. The number of fused-ring (bicyclic) bond motifs is 1. The van der Waals surface area contributed by atoms with Crippen LogP contribution in [0.25, 0.3) is 10.9 Å². The predicted molar refractivity (Wildman–Crippen MR) is 110 cm³/mol. The smallest absolute Gasteiger partial charge is 0.198 e. The molecule has 146 valence electrons. The second-order valence-electron chi connectivity index (χ2n) is 6.56. The molecule has 1 heterocycles. The number of rotatable bonds is 7. The Labute approximate surface area is 168 Å². The number of para-hydroxylation sites is 3. The van der Waals surface area contributed by atoms with Crippen LogP contribution in [0.15, 0.2) is 79.0 Å². The first-order valence-corrected chi connectivity index (χ1v) is 9.32. The van der Waals surface area contributed by atoms with Crippen molar-refractivity contribution >= 4 is 16.7 Å². The van der Waals surface area contributed by atoms with Gasteiger partial charge in [-0.1, -0.05) is 42.5 Å². The summed E-state index contributed by atoms with van der Waals surface area (Å²) >= 11 is 0. The lowest BCUT2D eigenvalue weighted by Crippen LogP contribution is -2.08. The Hall–Kier alpha value is -3.60. The van der Waals surface area contributed by atoms with Crippen molar-refractivity contribution in [3.63, 3.8) is 0 Å². The molecule has 0 radical (unpaired) electrons. The van der Waals surface area contributed by atoms with Crippen LogP contribution in [-0.4, -0.2) is 24.1 Å². The van der Waals surface area contributed by atoms with Crippen LogP contribution in [-0.2, 0) is 6.54 Å². The number of nitrogens with zero attached hydrogens (tertiary/aromatic N) is 1. The maximum atomic E-state index is 14.1. The van der Waals surface area contributed by atoms with Gasteiger partial charge in [0, 0.05) is 22.7 Å². The molecule has 0 saturated carbocycles. The van der Waals surface area contributed by atoms with Crippen molar-refractivity contribution in [2.45, 2.75) is 6.54 Å². The molecule has 0 bridgehead atoms. The fraction of sp³-hybridized carbons (Fsp3) is 0.125. The molecule has 29 heavy (non-hydrogen) atoms. The third kappa shape index (κ3) is 3.72. The second kappa shape index (κ2) is 8.19. The van der Waals surface area contributed by atoms with Crippen molar-refractivity contribution < 1.29 is 18.7 Å². The summed E-state index contributed by atoms with van der Waals surface area (Å²) in [7, 11) is 1.60. The van der Waals surface area contributed by atoms with Gasteiger partial charge < -0.3 is 14.0 Å². The normalized spacial score (nSPS) is 10.8. The molecule has 1 aromatic heterocycles. The Morgan fingerprint density at radius 3 is 2.38 bits per heavy atom. The van der Waals surface area contributed by atoms with E-state index in [1.165, 1.54) is 12.1 Å². The number of hydrogen-bond donors (Lipinski definition) is 0. The van der Waals surface area contributed by atoms with Crippen LogP contribution in [0, 0.1) is 5.82 Å². The van der Waals surface area contributed by atoms with E-state index >= 15 is 0 Å². The van der Waals surface area contributed by atoms with Crippen LogP contribution < -0.4 is 9.47 Å². The average molecular weight is 389 g/mol. The van der Waals surface area contributed by atoms with Gasteiger partial charge in [0.25, 0.3) is 0 Å². The lowest BCUT2D eigenvalue weighted by molar-refractivity contribution is 0.103. The number of benzene rings is 3. The molecule has 0 aliphatic heterocycles. The van der Waals surface area contributed by atoms with Gasteiger partial charge in [-0.15, -0.1) is 0 Å². The van der Waals surface area contributed by atoms with Gasteiger partial charge in [0.2, 0.25) is 0 Å². The van der Waals surface area contributed by atoms with Crippen LogP contribution in [0.4, 0.5) is 4.39 Å². The van der Waals surface area contributed by atoms with Crippen LogP contribution in [0.1, 0.15) is 15.9 Å². The molecule has 0 saturated heterocycles. The summed E-state index contributed by atoms with van der Waals surface area (Å²) in [6.45, 7) is 0.926. The molecule has 4 nitrogen and oxygen atoms in total. The molecule has 3 aromatic carbocycles. The summed E-state index contributed by atoms with van der Waals surface area (Å²) in [5, 5.41) is 0.790. The van der Waals surface area contributed by atoms with E-state index in [2.05, 4.69) is 0 Å². The van der Waals surface area contributed by atoms with Crippen LogP contribution in [0.2, 0.25) is 0 Å². The standard InChI is InChI=1S/C24H20FNO3/c1-28-22-12-6-7-13-23(22)29-15-14-26-16-19(17-8-3-5-11-21(17)26)24(27)18-9-2-4-10-20(18)25/h2-13,16H,14-15H2,1H3. The van der Waals surface area contributed by atoms with Crippen molar-refractivity contribution in [1.29, 1.82) is 0 Å². The molecule has 4 aromatic rings. The molecule has 0 fully saturated rings. The number of methoxy groups -OCH3 is 1. The van der Waals surface area contributed by atoms with Crippen molar-refractivity contribution in [2.75, 3.05) is 13.7 Å². The zero-order chi connectivity index (χ0) is 20.2. The van der Waals surface area contributed by atoms with Crippen molar-refractivity contribution in [2.24, 2.45) is 0 Å². The molecule has 0 spiro atoms. The van der Waals surface area contributed by atoms with Crippen molar-refractivity contribution in [3.05, 3.63) is 95.9 Å². The zero-order valence-electron chi connectivity index (χ0n) is 16.0. The van der Waals surface area contributed by atoms with Gasteiger partial charge in [0.1, 0.15) is 12.4 Å². The van der Waals surface area contributed by atoms with E-state index in [1.807, 2.05) is 53.1 Å². The van der Waals surface area contributed by atoms with Gasteiger partial charge in [-0.05, 0) is 30.3 Å². The molecular weight excluding hydrogens is 369 g/mol.